The molecule has 0 aliphatic rings. The molecule has 1 aromatic rings. The molecule has 0 amide bonds. The molecule has 0 spiro atoms. The molecule has 1 aromatic carbocycles. The van der Waals surface area contributed by atoms with E-state index in [-0.39, 0.29) is 0 Å². The van der Waals surface area contributed by atoms with Gasteiger partial charge in [0.15, 0.2) is 0 Å². The van der Waals surface area contributed by atoms with Gasteiger partial charge in [-0.05, 0) is 44.4 Å². The predicted molar refractivity (Wildman–Crippen MR) is 77.1 cm³/mol. The largest absolute Gasteiger partial charge is 0.507 e. The highest BCUT2D eigenvalue weighted by Gasteiger charge is 2.09. The first-order valence-corrected chi connectivity index (χ1v) is 6.28. The first kappa shape index (κ1) is 14.4. The fourth-order valence-electron chi connectivity index (χ4n) is 1.69. The lowest BCUT2D eigenvalue weighted by atomic mass is 10.0. The Morgan fingerprint density at radius 1 is 1.33 bits per heavy atom. The topological polar surface area (TPSA) is 29.5 Å². The molecule has 0 heterocycles. The van der Waals surface area contributed by atoms with E-state index in [0.29, 0.717) is 12.2 Å². The highest BCUT2D eigenvalue weighted by molar-refractivity contribution is 5.59. The normalized spacial score (nSPS) is 10.7. The summed E-state index contributed by atoms with van der Waals surface area (Å²) in [5.74, 6) is 1.03. The quantitative estimate of drug-likeness (QED) is 0.783. The number of allylic oxidation sites excluding steroid dienone is 3. The summed E-state index contributed by atoms with van der Waals surface area (Å²) in [7, 11) is 1.63. The van der Waals surface area contributed by atoms with Crippen LogP contribution in [0.1, 0.15) is 38.3 Å². The maximum Gasteiger partial charge on any atom is 0.126 e. The van der Waals surface area contributed by atoms with Crippen molar-refractivity contribution in [2.75, 3.05) is 7.11 Å². The van der Waals surface area contributed by atoms with Crippen LogP contribution >= 0.6 is 0 Å². The van der Waals surface area contributed by atoms with E-state index in [4.69, 9.17) is 4.74 Å². The standard InChI is InChI=1S/C16H22O2/c1-5-6-7-13-10-15(17)14(9-8-12(2)3)16(11-13)18-4/h6-8,10-11,17H,5,9H2,1-4H3/b7-6+. The molecule has 2 nitrogen and oxygen atoms in total. The van der Waals surface area contributed by atoms with E-state index in [1.807, 2.05) is 26.0 Å². The predicted octanol–water partition coefficient (Wildman–Crippen LogP) is 4.33. The zero-order valence-electron chi connectivity index (χ0n) is 11.7. The lowest BCUT2D eigenvalue weighted by Crippen LogP contribution is -1.93. The molecule has 1 rings (SSSR count). The van der Waals surface area contributed by atoms with Crippen LogP contribution in [0.2, 0.25) is 0 Å². The molecule has 0 atom stereocenters. The van der Waals surface area contributed by atoms with Crippen molar-refractivity contribution in [1.29, 1.82) is 0 Å². The van der Waals surface area contributed by atoms with E-state index in [0.717, 1.165) is 23.3 Å². The molecule has 1 N–H and O–H groups in total. The zero-order valence-corrected chi connectivity index (χ0v) is 11.7. The molecular weight excluding hydrogens is 224 g/mol. The van der Waals surface area contributed by atoms with Crippen molar-refractivity contribution < 1.29 is 9.84 Å². The van der Waals surface area contributed by atoms with Crippen molar-refractivity contribution >= 4 is 6.08 Å². The van der Waals surface area contributed by atoms with Crippen LogP contribution in [0.4, 0.5) is 0 Å². The van der Waals surface area contributed by atoms with Crippen molar-refractivity contribution in [3.63, 3.8) is 0 Å². The third kappa shape index (κ3) is 3.95. The van der Waals surface area contributed by atoms with E-state index in [9.17, 15) is 5.11 Å². The third-order valence-electron chi connectivity index (χ3n) is 2.69. The van der Waals surface area contributed by atoms with Crippen molar-refractivity contribution in [2.24, 2.45) is 0 Å². The second kappa shape index (κ2) is 6.90. The third-order valence-corrected chi connectivity index (χ3v) is 2.69. The van der Waals surface area contributed by atoms with Gasteiger partial charge in [-0.2, -0.15) is 0 Å². The van der Waals surface area contributed by atoms with Gasteiger partial charge in [0, 0.05) is 5.56 Å². The lowest BCUT2D eigenvalue weighted by molar-refractivity contribution is 0.401. The van der Waals surface area contributed by atoms with E-state index < -0.39 is 0 Å². The number of hydrogen-bond acceptors (Lipinski definition) is 2. The Kier molecular flexibility index (Phi) is 5.50. The fraction of sp³-hybridized carbons (Fsp3) is 0.375. The second-order valence-electron chi connectivity index (χ2n) is 4.52. The Balaban J connectivity index is 3.11. The Labute approximate surface area is 110 Å². The molecule has 0 aliphatic carbocycles. The van der Waals surface area contributed by atoms with Gasteiger partial charge in [0.05, 0.1) is 7.11 Å². The summed E-state index contributed by atoms with van der Waals surface area (Å²) >= 11 is 0. The van der Waals surface area contributed by atoms with E-state index in [1.54, 1.807) is 13.2 Å². The molecular formula is C16H22O2. The number of rotatable bonds is 5. The highest BCUT2D eigenvalue weighted by atomic mass is 16.5. The van der Waals surface area contributed by atoms with Crippen LogP contribution in [-0.4, -0.2) is 12.2 Å². The number of phenols is 1. The number of hydrogen-bond donors (Lipinski definition) is 1. The molecule has 0 aliphatic heterocycles. The summed E-state index contributed by atoms with van der Waals surface area (Å²) in [5.41, 5.74) is 3.03. The molecule has 98 valence electrons. The smallest absolute Gasteiger partial charge is 0.126 e. The van der Waals surface area contributed by atoms with Crippen LogP contribution in [0.3, 0.4) is 0 Å². The molecule has 2 heteroatoms. The molecule has 0 bridgehead atoms. The molecule has 0 fully saturated rings. The van der Waals surface area contributed by atoms with Crippen molar-refractivity contribution in [1.82, 2.24) is 0 Å². The van der Waals surface area contributed by atoms with Crippen molar-refractivity contribution in [3.05, 3.63) is 41.0 Å². The number of benzene rings is 1. The van der Waals surface area contributed by atoms with Crippen LogP contribution < -0.4 is 4.74 Å². The summed E-state index contributed by atoms with van der Waals surface area (Å²) in [6.07, 6.45) is 7.80. The molecule has 18 heavy (non-hydrogen) atoms. The van der Waals surface area contributed by atoms with E-state index >= 15 is 0 Å². The summed E-state index contributed by atoms with van der Waals surface area (Å²) < 4.78 is 5.36. The number of methoxy groups -OCH3 is 1. The van der Waals surface area contributed by atoms with Gasteiger partial charge in [0.2, 0.25) is 0 Å². The lowest BCUT2D eigenvalue weighted by Gasteiger charge is -2.10. The molecule has 0 saturated heterocycles. The Hall–Kier alpha value is -1.70. The first-order valence-electron chi connectivity index (χ1n) is 6.28. The fourth-order valence-corrected chi connectivity index (χ4v) is 1.69. The Morgan fingerprint density at radius 3 is 2.61 bits per heavy atom. The van der Waals surface area contributed by atoms with Gasteiger partial charge >= 0.3 is 0 Å². The minimum Gasteiger partial charge on any atom is -0.507 e. The molecule has 0 radical (unpaired) electrons. The number of ether oxygens (including phenoxy) is 1. The zero-order chi connectivity index (χ0) is 13.5. The van der Waals surface area contributed by atoms with Crippen molar-refractivity contribution in [2.45, 2.75) is 33.6 Å². The average Bonchev–Trinajstić information content (AvgIpc) is 2.34. The SMILES string of the molecule is CC/C=C/c1cc(O)c(CC=C(C)C)c(OC)c1. The summed E-state index contributed by atoms with van der Waals surface area (Å²) in [5, 5.41) is 10.1. The first-order chi connectivity index (χ1) is 8.58. The molecule has 0 saturated carbocycles. The van der Waals surface area contributed by atoms with Gasteiger partial charge in [0.25, 0.3) is 0 Å². The summed E-state index contributed by atoms with van der Waals surface area (Å²) in [6.45, 7) is 6.17. The van der Waals surface area contributed by atoms with Gasteiger partial charge in [-0.25, -0.2) is 0 Å². The number of aromatic hydroxyl groups is 1. The van der Waals surface area contributed by atoms with Gasteiger partial charge < -0.3 is 9.84 Å². The van der Waals surface area contributed by atoms with Gasteiger partial charge in [0.1, 0.15) is 11.5 Å². The molecule has 0 unspecified atom stereocenters. The van der Waals surface area contributed by atoms with Gasteiger partial charge in [-0.1, -0.05) is 30.7 Å². The minimum absolute atomic E-state index is 0.294. The summed E-state index contributed by atoms with van der Waals surface area (Å²) in [6, 6.07) is 3.74. The second-order valence-corrected chi connectivity index (χ2v) is 4.52. The van der Waals surface area contributed by atoms with Crippen LogP contribution in [0.25, 0.3) is 6.08 Å². The monoisotopic (exact) mass is 246 g/mol. The molecule has 0 aromatic heterocycles. The van der Waals surface area contributed by atoms with Crippen LogP contribution in [0, 0.1) is 0 Å². The summed E-state index contributed by atoms with van der Waals surface area (Å²) in [4.78, 5) is 0. The van der Waals surface area contributed by atoms with E-state index in [2.05, 4.69) is 19.1 Å². The minimum atomic E-state index is 0.294. The van der Waals surface area contributed by atoms with Crippen molar-refractivity contribution in [3.8, 4) is 11.5 Å². The van der Waals surface area contributed by atoms with Crippen LogP contribution in [-0.2, 0) is 6.42 Å². The maximum atomic E-state index is 10.1. The Morgan fingerprint density at radius 2 is 2.06 bits per heavy atom. The van der Waals surface area contributed by atoms with Crippen LogP contribution in [0.5, 0.6) is 11.5 Å². The average molecular weight is 246 g/mol. The van der Waals surface area contributed by atoms with Gasteiger partial charge in [-0.3, -0.25) is 0 Å². The Bertz CT molecular complexity index is 452. The van der Waals surface area contributed by atoms with Crippen LogP contribution in [0.15, 0.2) is 29.9 Å². The van der Waals surface area contributed by atoms with Gasteiger partial charge in [-0.15, -0.1) is 0 Å². The maximum absolute atomic E-state index is 10.1. The highest BCUT2D eigenvalue weighted by Crippen LogP contribution is 2.31. The number of phenolic OH excluding ortho intramolecular Hbond substituents is 1. The van der Waals surface area contributed by atoms with E-state index in [1.165, 1.54) is 5.57 Å².